The van der Waals surface area contributed by atoms with Crippen LogP contribution in [0.3, 0.4) is 0 Å². The molecule has 0 saturated heterocycles. The van der Waals surface area contributed by atoms with Gasteiger partial charge in [0.15, 0.2) is 0 Å². The van der Waals surface area contributed by atoms with E-state index in [-0.39, 0.29) is 6.04 Å². The summed E-state index contributed by atoms with van der Waals surface area (Å²) in [6.45, 7) is 1.99. The van der Waals surface area contributed by atoms with E-state index in [0.29, 0.717) is 6.54 Å². The summed E-state index contributed by atoms with van der Waals surface area (Å²) in [6.07, 6.45) is 0. The molecular weight excluding hydrogens is 108 g/mol. The first-order valence-corrected chi connectivity index (χ1v) is 2.22. The van der Waals surface area contributed by atoms with E-state index in [4.69, 9.17) is 10.7 Å². The molecule has 0 rings (SSSR count). The van der Waals surface area contributed by atoms with E-state index >= 15 is 0 Å². The molecule has 0 fully saturated rings. The predicted octanol–water partition coefficient (Wildman–Crippen LogP) is 0.664. The number of rotatable bonds is 3. The van der Waals surface area contributed by atoms with Crippen molar-refractivity contribution in [1.82, 2.24) is 5.48 Å². The summed E-state index contributed by atoms with van der Waals surface area (Å²) < 4.78 is 0. The highest BCUT2D eigenvalue weighted by Gasteiger charge is 1.92. The Hall–Kier alpha value is -0.770. The van der Waals surface area contributed by atoms with Crippen LogP contribution < -0.4 is 5.48 Å². The number of hydrogen-bond donors (Lipinski definition) is 2. The third-order valence-electron chi connectivity index (χ3n) is 0.635. The van der Waals surface area contributed by atoms with Gasteiger partial charge in [0, 0.05) is 17.5 Å². The maximum Gasteiger partial charge on any atom is 0.0493 e. The number of nitrogens with zero attached hydrogens (tertiary/aromatic N) is 3. The molecule has 2 N–H and O–H groups in total. The highest BCUT2D eigenvalue weighted by atomic mass is 16.5. The molecule has 0 amide bonds. The topological polar surface area (TPSA) is 81.0 Å². The van der Waals surface area contributed by atoms with Crippen molar-refractivity contribution in [2.24, 2.45) is 5.11 Å². The van der Waals surface area contributed by atoms with Gasteiger partial charge in [-0.15, -0.1) is 0 Å². The van der Waals surface area contributed by atoms with Crippen LogP contribution in [0.4, 0.5) is 0 Å². The summed E-state index contributed by atoms with van der Waals surface area (Å²) in [5.74, 6) is 0. The van der Waals surface area contributed by atoms with E-state index in [1.54, 1.807) is 6.92 Å². The van der Waals surface area contributed by atoms with Crippen LogP contribution in [0, 0.1) is 0 Å². The lowest BCUT2D eigenvalue weighted by Crippen LogP contribution is -2.18. The molecule has 0 spiro atoms. The van der Waals surface area contributed by atoms with Crippen molar-refractivity contribution < 1.29 is 5.21 Å². The second-order valence-corrected chi connectivity index (χ2v) is 1.42. The third kappa shape index (κ3) is 3.42. The van der Waals surface area contributed by atoms with Crippen molar-refractivity contribution in [3.8, 4) is 0 Å². The van der Waals surface area contributed by atoms with Gasteiger partial charge in [0.25, 0.3) is 0 Å². The molecule has 0 heterocycles. The minimum Gasteiger partial charge on any atom is -0.317 e. The Bertz CT molecular complexity index is 97.5. The zero-order valence-corrected chi connectivity index (χ0v) is 4.57. The quantitative estimate of drug-likeness (QED) is 0.246. The summed E-state index contributed by atoms with van der Waals surface area (Å²) in [5, 5.41) is 11.3. The molecule has 1 atom stereocenters. The maximum absolute atomic E-state index is 8.03. The van der Waals surface area contributed by atoms with Crippen LogP contribution in [0.1, 0.15) is 6.92 Å². The highest BCUT2D eigenvalue weighted by Crippen LogP contribution is 1.84. The van der Waals surface area contributed by atoms with Crippen molar-refractivity contribution in [2.45, 2.75) is 13.0 Å². The van der Waals surface area contributed by atoms with Gasteiger partial charge in [-0.05, 0) is 5.53 Å². The Kier molecular flexibility index (Phi) is 3.97. The molecular formula is C3H8N4O. The van der Waals surface area contributed by atoms with Crippen LogP contribution in [0.25, 0.3) is 10.4 Å². The van der Waals surface area contributed by atoms with Crippen LogP contribution in [-0.2, 0) is 0 Å². The maximum atomic E-state index is 8.03. The van der Waals surface area contributed by atoms with Gasteiger partial charge in [-0.25, -0.2) is 5.48 Å². The average Bonchev–Trinajstić information content (AvgIpc) is 1.68. The van der Waals surface area contributed by atoms with Crippen molar-refractivity contribution in [3.05, 3.63) is 10.4 Å². The number of hydroxylamine groups is 1. The zero-order chi connectivity index (χ0) is 6.41. The van der Waals surface area contributed by atoms with Gasteiger partial charge in [-0.1, -0.05) is 12.0 Å². The molecule has 46 valence electrons. The standard InChI is InChI=1S/C3H8N4O/c1-3(2-5-8)6-7-4/h3,5,8H,2H2,1H3. The normalized spacial score (nSPS) is 12.2. The largest absolute Gasteiger partial charge is 0.317 e. The second kappa shape index (κ2) is 4.39. The predicted molar refractivity (Wildman–Crippen MR) is 28.4 cm³/mol. The molecule has 0 aromatic heterocycles. The van der Waals surface area contributed by atoms with Gasteiger partial charge in [-0.2, -0.15) is 0 Å². The highest BCUT2D eigenvalue weighted by molar-refractivity contribution is 4.59. The first-order valence-electron chi connectivity index (χ1n) is 2.22. The van der Waals surface area contributed by atoms with Gasteiger partial charge < -0.3 is 5.21 Å². The molecule has 0 bridgehead atoms. The Morgan fingerprint density at radius 1 is 2.00 bits per heavy atom. The molecule has 0 radical (unpaired) electrons. The van der Waals surface area contributed by atoms with Gasteiger partial charge in [0.05, 0.1) is 0 Å². The third-order valence-corrected chi connectivity index (χ3v) is 0.635. The minimum atomic E-state index is -0.190. The molecule has 1 unspecified atom stereocenters. The van der Waals surface area contributed by atoms with Crippen LogP contribution >= 0.6 is 0 Å². The molecule has 0 aromatic carbocycles. The fraction of sp³-hybridized carbons (Fsp3) is 1.00. The van der Waals surface area contributed by atoms with Crippen molar-refractivity contribution >= 4 is 0 Å². The number of nitrogens with one attached hydrogen (secondary N) is 1. The fourth-order valence-corrected chi connectivity index (χ4v) is 0.261. The first-order chi connectivity index (χ1) is 3.81. The van der Waals surface area contributed by atoms with E-state index in [1.165, 1.54) is 0 Å². The van der Waals surface area contributed by atoms with E-state index in [1.807, 2.05) is 5.48 Å². The van der Waals surface area contributed by atoms with Gasteiger partial charge >= 0.3 is 0 Å². The fourth-order valence-electron chi connectivity index (χ4n) is 0.261. The lowest BCUT2D eigenvalue weighted by molar-refractivity contribution is 0.162. The SMILES string of the molecule is CC(CNO)N=[N+]=[N-]. The van der Waals surface area contributed by atoms with E-state index in [0.717, 1.165) is 0 Å². The monoisotopic (exact) mass is 116 g/mol. The second-order valence-electron chi connectivity index (χ2n) is 1.42. The average molecular weight is 116 g/mol. The first kappa shape index (κ1) is 7.23. The molecule has 0 aliphatic rings. The molecule has 5 nitrogen and oxygen atoms in total. The smallest absolute Gasteiger partial charge is 0.0493 e. The van der Waals surface area contributed by atoms with Crippen molar-refractivity contribution in [1.29, 1.82) is 0 Å². The van der Waals surface area contributed by atoms with Gasteiger partial charge in [0.1, 0.15) is 0 Å². The molecule has 0 aromatic rings. The zero-order valence-electron chi connectivity index (χ0n) is 4.57. The van der Waals surface area contributed by atoms with Gasteiger partial charge in [-0.3, -0.25) is 0 Å². The summed E-state index contributed by atoms with van der Waals surface area (Å²) in [4.78, 5) is 2.53. The van der Waals surface area contributed by atoms with Crippen molar-refractivity contribution in [2.75, 3.05) is 6.54 Å². The minimum absolute atomic E-state index is 0.190. The summed E-state index contributed by atoms with van der Waals surface area (Å²) >= 11 is 0. The molecule has 5 heteroatoms. The number of hydrogen-bond acceptors (Lipinski definition) is 3. The van der Waals surface area contributed by atoms with Crippen molar-refractivity contribution in [3.63, 3.8) is 0 Å². The van der Waals surface area contributed by atoms with Crippen LogP contribution in [0.15, 0.2) is 5.11 Å². The molecule has 0 aliphatic heterocycles. The van der Waals surface area contributed by atoms with E-state index < -0.39 is 0 Å². The number of azide groups is 1. The lowest BCUT2D eigenvalue weighted by atomic mass is 10.4. The summed E-state index contributed by atoms with van der Waals surface area (Å²) in [5.41, 5.74) is 9.70. The Morgan fingerprint density at radius 3 is 3.00 bits per heavy atom. The summed E-state index contributed by atoms with van der Waals surface area (Å²) in [7, 11) is 0. The Balaban J connectivity index is 3.31. The molecule has 0 saturated carbocycles. The van der Waals surface area contributed by atoms with E-state index in [9.17, 15) is 0 Å². The Morgan fingerprint density at radius 2 is 2.62 bits per heavy atom. The van der Waals surface area contributed by atoms with Crippen LogP contribution in [0.5, 0.6) is 0 Å². The summed E-state index contributed by atoms with van der Waals surface area (Å²) in [6, 6.07) is -0.190. The van der Waals surface area contributed by atoms with Crippen LogP contribution in [-0.4, -0.2) is 17.8 Å². The molecule has 8 heavy (non-hydrogen) atoms. The van der Waals surface area contributed by atoms with Gasteiger partial charge in [0.2, 0.25) is 0 Å². The Labute approximate surface area is 46.9 Å². The van der Waals surface area contributed by atoms with Crippen LogP contribution in [0.2, 0.25) is 0 Å². The lowest BCUT2D eigenvalue weighted by Gasteiger charge is -1.97. The molecule has 0 aliphatic carbocycles. The van der Waals surface area contributed by atoms with E-state index in [2.05, 4.69) is 10.0 Å².